The van der Waals surface area contributed by atoms with Crippen LogP contribution in [0.4, 0.5) is 0 Å². The number of nitrogens with zero attached hydrogens (tertiary/aromatic N) is 1. The minimum absolute atomic E-state index is 0.0689. The Morgan fingerprint density at radius 3 is 2.35 bits per heavy atom. The van der Waals surface area contributed by atoms with E-state index in [2.05, 4.69) is 39.0 Å². The van der Waals surface area contributed by atoms with Crippen molar-refractivity contribution in [1.82, 2.24) is 4.90 Å². The first-order valence-corrected chi connectivity index (χ1v) is 7.06. The first kappa shape index (κ1) is 13.1. The van der Waals surface area contributed by atoms with Crippen LogP contribution in [-0.2, 0) is 21.4 Å². The van der Waals surface area contributed by atoms with Crippen LogP contribution in [0.15, 0.2) is 30.4 Å². The Labute approximate surface area is 119 Å². The maximum Gasteiger partial charge on any atom is 0.254 e. The van der Waals surface area contributed by atoms with Gasteiger partial charge in [-0.1, -0.05) is 39.0 Å². The minimum atomic E-state index is -0.186. The second kappa shape index (κ2) is 4.30. The number of carbonyl (C=O) groups excluding carboxylic acids is 2. The van der Waals surface area contributed by atoms with E-state index in [4.69, 9.17) is 0 Å². The Bertz CT molecular complexity index is 604. The third-order valence-corrected chi connectivity index (χ3v) is 4.21. The first-order valence-electron chi connectivity index (χ1n) is 7.06. The van der Waals surface area contributed by atoms with Gasteiger partial charge in [0, 0.05) is 12.2 Å². The Balaban J connectivity index is 2.01. The molecule has 1 atom stereocenters. The van der Waals surface area contributed by atoms with Gasteiger partial charge in [-0.15, -0.1) is 0 Å². The van der Waals surface area contributed by atoms with E-state index in [9.17, 15) is 9.59 Å². The lowest BCUT2D eigenvalue weighted by Crippen LogP contribution is -2.33. The molecule has 1 aromatic rings. The van der Waals surface area contributed by atoms with Gasteiger partial charge in [-0.3, -0.25) is 14.5 Å². The minimum Gasteiger partial charge on any atom is -0.269 e. The zero-order chi connectivity index (χ0) is 14.5. The van der Waals surface area contributed by atoms with E-state index in [-0.39, 0.29) is 23.3 Å². The number of hydrogen-bond acceptors (Lipinski definition) is 2. The van der Waals surface area contributed by atoms with Gasteiger partial charge in [0.15, 0.2) is 0 Å². The van der Waals surface area contributed by atoms with Crippen molar-refractivity contribution in [2.45, 2.75) is 45.1 Å². The van der Waals surface area contributed by atoms with Gasteiger partial charge in [0.25, 0.3) is 11.8 Å². The lowest BCUT2D eigenvalue weighted by molar-refractivity contribution is -0.139. The summed E-state index contributed by atoms with van der Waals surface area (Å²) in [5.74, 6) is -0.372. The summed E-state index contributed by atoms with van der Waals surface area (Å²) in [6, 6.07) is 6.38. The molecule has 0 N–H and O–H groups in total. The van der Waals surface area contributed by atoms with Crippen LogP contribution in [0.2, 0.25) is 0 Å². The molecule has 0 aromatic heterocycles. The molecule has 0 spiro atoms. The zero-order valence-electron chi connectivity index (χ0n) is 12.1. The molecule has 1 aliphatic heterocycles. The van der Waals surface area contributed by atoms with E-state index in [0.29, 0.717) is 0 Å². The fraction of sp³-hybridized carbons (Fsp3) is 0.412. The average molecular weight is 269 g/mol. The predicted octanol–water partition coefficient (Wildman–Crippen LogP) is 2.90. The molecule has 0 radical (unpaired) electrons. The Morgan fingerprint density at radius 1 is 1.10 bits per heavy atom. The van der Waals surface area contributed by atoms with Gasteiger partial charge in [0.05, 0.1) is 6.04 Å². The molecule has 0 bridgehead atoms. The van der Waals surface area contributed by atoms with Crippen LogP contribution in [-0.4, -0.2) is 16.7 Å². The smallest absolute Gasteiger partial charge is 0.254 e. The van der Waals surface area contributed by atoms with Crippen LogP contribution < -0.4 is 0 Å². The maximum absolute atomic E-state index is 11.9. The standard InChI is InChI=1S/C17H19NO2/c1-17(2,3)12-6-4-11-5-7-14(13(11)10-12)18-15(19)8-9-16(18)20/h4,6,8-10,14H,5,7H2,1-3H3/t14-/m0/s1. The highest BCUT2D eigenvalue weighted by molar-refractivity contribution is 6.13. The van der Waals surface area contributed by atoms with Crippen molar-refractivity contribution in [3.05, 3.63) is 47.0 Å². The van der Waals surface area contributed by atoms with Crippen molar-refractivity contribution in [2.24, 2.45) is 0 Å². The number of carbonyl (C=O) groups is 2. The molecular formula is C17H19NO2. The Kier molecular flexibility index (Phi) is 2.82. The van der Waals surface area contributed by atoms with Gasteiger partial charge in [0.1, 0.15) is 0 Å². The molecule has 3 heteroatoms. The lowest BCUT2D eigenvalue weighted by atomic mass is 9.85. The Morgan fingerprint density at radius 2 is 1.75 bits per heavy atom. The third-order valence-electron chi connectivity index (χ3n) is 4.21. The monoisotopic (exact) mass is 269 g/mol. The second-order valence-electron chi connectivity index (χ2n) is 6.60. The molecule has 2 amide bonds. The molecule has 104 valence electrons. The molecule has 2 aliphatic rings. The van der Waals surface area contributed by atoms with Gasteiger partial charge in [-0.05, 0) is 34.9 Å². The van der Waals surface area contributed by atoms with Crippen molar-refractivity contribution in [1.29, 1.82) is 0 Å². The van der Waals surface area contributed by atoms with E-state index < -0.39 is 0 Å². The average Bonchev–Trinajstić information content (AvgIpc) is 2.92. The molecule has 1 heterocycles. The zero-order valence-corrected chi connectivity index (χ0v) is 12.1. The molecule has 0 saturated carbocycles. The van der Waals surface area contributed by atoms with Crippen LogP contribution in [0.1, 0.15) is 49.9 Å². The van der Waals surface area contributed by atoms with Crippen LogP contribution in [0.25, 0.3) is 0 Å². The van der Waals surface area contributed by atoms with Gasteiger partial charge < -0.3 is 0 Å². The number of aryl methyl sites for hydroxylation is 1. The van der Waals surface area contributed by atoms with E-state index >= 15 is 0 Å². The molecule has 0 fully saturated rings. The molecular weight excluding hydrogens is 250 g/mol. The summed E-state index contributed by atoms with van der Waals surface area (Å²) in [5.41, 5.74) is 3.72. The summed E-state index contributed by atoms with van der Waals surface area (Å²) in [6.07, 6.45) is 4.51. The summed E-state index contributed by atoms with van der Waals surface area (Å²) in [6.45, 7) is 6.52. The quantitative estimate of drug-likeness (QED) is 0.735. The van der Waals surface area contributed by atoms with Crippen LogP contribution in [0.5, 0.6) is 0 Å². The number of fused-ring (bicyclic) bond motifs is 1. The van der Waals surface area contributed by atoms with E-state index in [0.717, 1.165) is 18.4 Å². The third kappa shape index (κ3) is 1.98. The fourth-order valence-electron chi connectivity index (χ4n) is 3.03. The summed E-state index contributed by atoms with van der Waals surface area (Å²) in [7, 11) is 0. The molecule has 0 saturated heterocycles. The highest BCUT2D eigenvalue weighted by atomic mass is 16.2. The van der Waals surface area contributed by atoms with E-state index in [1.54, 1.807) is 0 Å². The van der Waals surface area contributed by atoms with Crippen molar-refractivity contribution < 1.29 is 9.59 Å². The maximum atomic E-state index is 11.9. The number of hydrogen-bond donors (Lipinski definition) is 0. The molecule has 1 aromatic carbocycles. The van der Waals surface area contributed by atoms with Gasteiger partial charge >= 0.3 is 0 Å². The molecule has 20 heavy (non-hydrogen) atoms. The van der Waals surface area contributed by atoms with Crippen molar-refractivity contribution in [3.8, 4) is 0 Å². The van der Waals surface area contributed by atoms with E-state index in [1.807, 2.05) is 0 Å². The number of benzene rings is 1. The van der Waals surface area contributed by atoms with Crippen LogP contribution in [0, 0.1) is 0 Å². The van der Waals surface area contributed by atoms with Gasteiger partial charge in [0.2, 0.25) is 0 Å². The fourth-order valence-corrected chi connectivity index (χ4v) is 3.03. The van der Waals surface area contributed by atoms with Crippen molar-refractivity contribution in [2.75, 3.05) is 0 Å². The SMILES string of the molecule is CC(C)(C)c1ccc2c(c1)[C@@H](N1C(=O)C=CC1=O)CC2. The number of imide groups is 1. The highest BCUT2D eigenvalue weighted by Crippen LogP contribution is 2.39. The largest absolute Gasteiger partial charge is 0.269 e. The van der Waals surface area contributed by atoms with Crippen LogP contribution in [0.3, 0.4) is 0 Å². The predicted molar refractivity (Wildman–Crippen MR) is 77.2 cm³/mol. The second-order valence-corrected chi connectivity index (χ2v) is 6.60. The highest BCUT2D eigenvalue weighted by Gasteiger charge is 2.36. The van der Waals surface area contributed by atoms with Crippen LogP contribution >= 0.6 is 0 Å². The van der Waals surface area contributed by atoms with Gasteiger partial charge in [-0.25, -0.2) is 0 Å². The van der Waals surface area contributed by atoms with Crippen molar-refractivity contribution in [3.63, 3.8) is 0 Å². The normalized spacial score (nSPS) is 21.8. The topological polar surface area (TPSA) is 37.4 Å². The number of rotatable bonds is 1. The summed E-state index contributed by atoms with van der Waals surface area (Å²) in [5, 5.41) is 0. The molecule has 3 nitrogen and oxygen atoms in total. The summed E-state index contributed by atoms with van der Waals surface area (Å²) >= 11 is 0. The van der Waals surface area contributed by atoms with Gasteiger partial charge in [-0.2, -0.15) is 0 Å². The number of amides is 2. The summed E-state index contributed by atoms with van der Waals surface area (Å²) < 4.78 is 0. The lowest BCUT2D eigenvalue weighted by Gasteiger charge is -2.25. The van der Waals surface area contributed by atoms with E-state index in [1.165, 1.54) is 28.2 Å². The van der Waals surface area contributed by atoms with Crippen molar-refractivity contribution >= 4 is 11.8 Å². The first-order chi connectivity index (χ1) is 9.38. The summed E-state index contributed by atoms with van der Waals surface area (Å²) in [4.78, 5) is 25.2. The Hall–Kier alpha value is -1.90. The molecule has 1 aliphatic carbocycles. The molecule has 0 unspecified atom stereocenters. The molecule has 3 rings (SSSR count).